The van der Waals surface area contributed by atoms with Crippen LogP contribution in [0.2, 0.25) is 0 Å². The minimum Gasteiger partial charge on any atom is -0.463 e. The van der Waals surface area contributed by atoms with E-state index in [0.29, 0.717) is 12.2 Å². The maximum Gasteiger partial charge on any atom is 0.333 e. The predicted octanol–water partition coefficient (Wildman–Crippen LogP) is 1.51. The lowest BCUT2D eigenvalue weighted by Gasteiger charge is -2.10. The second-order valence-electron chi connectivity index (χ2n) is 3.17. The number of hydrogen-bond acceptors (Lipinski definition) is 3. The molecule has 0 radical (unpaired) electrons. The van der Waals surface area contributed by atoms with Crippen molar-refractivity contribution in [1.82, 2.24) is 0 Å². The molecule has 0 aromatic heterocycles. The molecule has 0 unspecified atom stereocenters. The fourth-order valence-corrected chi connectivity index (χ4v) is 0.847. The highest BCUT2D eigenvalue weighted by Gasteiger charge is 2.10. The van der Waals surface area contributed by atoms with Crippen LogP contribution in [0.4, 0.5) is 0 Å². The summed E-state index contributed by atoms with van der Waals surface area (Å²) in [6, 6.07) is 0. The Morgan fingerprint density at radius 2 is 2.08 bits per heavy atom. The molecule has 3 nitrogen and oxygen atoms in total. The number of esters is 1. The summed E-state index contributed by atoms with van der Waals surface area (Å²) in [5.41, 5.74) is 0.551. The van der Waals surface area contributed by atoms with Gasteiger partial charge in [0, 0.05) is 11.5 Å². The second-order valence-corrected chi connectivity index (χ2v) is 3.17. The van der Waals surface area contributed by atoms with Gasteiger partial charge in [0.2, 0.25) is 0 Å². The number of rotatable bonds is 4. The summed E-state index contributed by atoms with van der Waals surface area (Å²) in [7, 11) is 0. The first kappa shape index (κ1) is 12.2. The highest BCUT2D eigenvalue weighted by molar-refractivity contribution is 5.87. The van der Waals surface area contributed by atoms with Crippen LogP contribution in [-0.2, 0) is 9.53 Å². The highest BCUT2D eigenvalue weighted by atomic mass is 16.5. The molecule has 0 aromatic carbocycles. The van der Waals surface area contributed by atoms with E-state index in [2.05, 4.69) is 0 Å². The minimum atomic E-state index is -0.440. The number of carbonyl (C=O) groups excluding carboxylic acids is 1. The molecule has 2 atom stereocenters. The second kappa shape index (κ2) is 5.75. The molecule has 0 aromatic rings. The molecule has 76 valence electrons. The number of aliphatic hydroxyl groups excluding tert-OH is 1. The first-order valence-corrected chi connectivity index (χ1v) is 4.52. The monoisotopic (exact) mass is 186 g/mol. The van der Waals surface area contributed by atoms with Gasteiger partial charge in [-0.2, -0.15) is 0 Å². The lowest BCUT2D eigenvalue weighted by Crippen LogP contribution is -2.13. The van der Waals surface area contributed by atoms with E-state index < -0.39 is 6.10 Å². The van der Waals surface area contributed by atoms with Gasteiger partial charge >= 0.3 is 5.97 Å². The maximum atomic E-state index is 11.1. The Hall–Kier alpha value is -0.830. The zero-order valence-corrected chi connectivity index (χ0v) is 8.70. The molecular formula is C10H18O3. The Morgan fingerprint density at radius 3 is 2.46 bits per heavy atom. The first-order valence-electron chi connectivity index (χ1n) is 4.52. The van der Waals surface area contributed by atoms with E-state index in [1.54, 1.807) is 26.8 Å². The molecule has 0 spiro atoms. The molecule has 0 rings (SSSR count). The predicted molar refractivity (Wildman–Crippen MR) is 51.2 cm³/mol. The van der Waals surface area contributed by atoms with Crippen molar-refractivity contribution in [1.29, 1.82) is 0 Å². The fraction of sp³-hybridized carbons (Fsp3) is 0.700. The van der Waals surface area contributed by atoms with Gasteiger partial charge < -0.3 is 9.84 Å². The van der Waals surface area contributed by atoms with Crippen molar-refractivity contribution >= 4 is 5.97 Å². The van der Waals surface area contributed by atoms with Gasteiger partial charge in [0.1, 0.15) is 0 Å². The van der Waals surface area contributed by atoms with Crippen molar-refractivity contribution in [3.8, 4) is 0 Å². The summed E-state index contributed by atoms with van der Waals surface area (Å²) in [4.78, 5) is 11.1. The van der Waals surface area contributed by atoms with Gasteiger partial charge in [-0.3, -0.25) is 0 Å². The highest BCUT2D eigenvalue weighted by Crippen LogP contribution is 2.08. The van der Waals surface area contributed by atoms with E-state index in [1.165, 1.54) is 0 Å². The van der Waals surface area contributed by atoms with Gasteiger partial charge in [0.25, 0.3) is 0 Å². The molecule has 0 aliphatic rings. The quantitative estimate of drug-likeness (QED) is 0.534. The zero-order valence-electron chi connectivity index (χ0n) is 8.70. The summed E-state index contributed by atoms with van der Waals surface area (Å²) < 4.78 is 4.80. The third-order valence-electron chi connectivity index (χ3n) is 1.87. The van der Waals surface area contributed by atoms with Crippen molar-refractivity contribution < 1.29 is 14.6 Å². The van der Waals surface area contributed by atoms with E-state index in [0.717, 1.165) is 0 Å². The Balaban J connectivity index is 4.22. The topological polar surface area (TPSA) is 46.5 Å². The Bertz CT molecular complexity index is 194. The van der Waals surface area contributed by atoms with Gasteiger partial charge in [-0.1, -0.05) is 13.0 Å². The van der Waals surface area contributed by atoms with E-state index in [9.17, 15) is 9.90 Å². The van der Waals surface area contributed by atoms with E-state index in [1.807, 2.05) is 6.92 Å². The summed E-state index contributed by atoms with van der Waals surface area (Å²) in [6.07, 6.45) is 1.28. The van der Waals surface area contributed by atoms with Crippen LogP contribution in [0.3, 0.4) is 0 Å². The van der Waals surface area contributed by atoms with Crippen molar-refractivity contribution in [2.75, 3.05) is 6.61 Å². The zero-order chi connectivity index (χ0) is 10.4. The van der Waals surface area contributed by atoms with Crippen LogP contribution >= 0.6 is 0 Å². The molecule has 0 aliphatic carbocycles. The van der Waals surface area contributed by atoms with Gasteiger partial charge in [-0.15, -0.1) is 0 Å². The summed E-state index contributed by atoms with van der Waals surface area (Å²) in [5.74, 6) is -0.334. The van der Waals surface area contributed by atoms with Crippen LogP contribution < -0.4 is 0 Å². The molecule has 0 heterocycles. The molecule has 0 fully saturated rings. The van der Waals surface area contributed by atoms with Gasteiger partial charge in [0.15, 0.2) is 0 Å². The van der Waals surface area contributed by atoms with Gasteiger partial charge in [-0.05, 0) is 20.8 Å². The molecule has 0 saturated heterocycles. The molecule has 0 amide bonds. The van der Waals surface area contributed by atoms with Crippen molar-refractivity contribution in [2.45, 2.75) is 33.8 Å². The Kier molecular flexibility index (Phi) is 5.39. The average molecular weight is 186 g/mol. The summed E-state index contributed by atoms with van der Waals surface area (Å²) in [6.45, 7) is 7.39. The minimum absolute atomic E-state index is 0.0237. The maximum absolute atomic E-state index is 11.1. The normalized spacial score (nSPS) is 16.5. The number of aliphatic hydroxyl groups is 1. The first-order chi connectivity index (χ1) is 5.99. The lowest BCUT2D eigenvalue weighted by molar-refractivity contribution is -0.138. The van der Waals surface area contributed by atoms with Crippen LogP contribution in [0, 0.1) is 5.92 Å². The van der Waals surface area contributed by atoms with Crippen molar-refractivity contribution in [3.05, 3.63) is 11.6 Å². The summed E-state index contributed by atoms with van der Waals surface area (Å²) in [5, 5.41) is 9.18. The molecule has 0 aliphatic heterocycles. The number of hydrogen-bond donors (Lipinski definition) is 1. The SMILES string of the molecule is CCOC(=O)/C(C)=C/[C@@H](C)[C@H](C)O. The number of ether oxygens (including phenoxy) is 1. The fourth-order valence-electron chi connectivity index (χ4n) is 0.847. The Labute approximate surface area is 79.4 Å². The number of carbonyl (C=O) groups is 1. The Morgan fingerprint density at radius 1 is 1.54 bits per heavy atom. The van der Waals surface area contributed by atoms with Crippen LogP contribution in [-0.4, -0.2) is 23.8 Å². The van der Waals surface area contributed by atoms with E-state index in [4.69, 9.17) is 4.74 Å². The third-order valence-corrected chi connectivity index (χ3v) is 1.87. The van der Waals surface area contributed by atoms with E-state index >= 15 is 0 Å². The smallest absolute Gasteiger partial charge is 0.333 e. The van der Waals surface area contributed by atoms with Crippen LogP contribution in [0.5, 0.6) is 0 Å². The van der Waals surface area contributed by atoms with Crippen molar-refractivity contribution in [2.24, 2.45) is 5.92 Å². The van der Waals surface area contributed by atoms with E-state index in [-0.39, 0.29) is 11.9 Å². The van der Waals surface area contributed by atoms with Gasteiger partial charge in [-0.25, -0.2) is 4.79 Å². The largest absolute Gasteiger partial charge is 0.463 e. The molecule has 1 N–H and O–H groups in total. The third kappa shape index (κ3) is 4.68. The average Bonchev–Trinajstić information content (AvgIpc) is 2.04. The molecule has 0 bridgehead atoms. The standard InChI is InChI=1S/C10H18O3/c1-5-13-10(12)8(3)6-7(2)9(4)11/h6-7,9,11H,5H2,1-4H3/b8-6+/t7-,9+/m1/s1. The summed E-state index contributed by atoms with van der Waals surface area (Å²) >= 11 is 0. The molecule has 13 heavy (non-hydrogen) atoms. The van der Waals surface area contributed by atoms with Gasteiger partial charge in [0.05, 0.1) is 12.7 Å². The lowest BCUT2D eigenvalue weighted by atomic mass is 10.0. The van der Waals surface area contributed by atoms with Crippen LogP contribution in [0.1, 0.15) is 27.7 Å². The van der Waals surface area contributed by atoms with Crippen LogP contribution in [0.15, 0.2) is 11.6 Å². The molecular weight excluding hydrogens is 168 g/mol. The molecule has 0 saturated carbocycles. The van der Waals surface area contributed by atoms with Crippen molar-refractivity contribution in [3.63, 3.8) is 0 Å². The van der Waals surface area contributed by atoms with Crippen LogP contribution in [0.25, 0.3) is 0 Å². The molecule has 3 heteroatoms.